The van der Waals surface area contributed by atoms with Crippen LogP contribution in [0.25, 0.3) is 88.7 Å². The minimum atomic E-state index is -0.316. The predicted molar refractivity (Wildman–Crippen MR) is 394 cm³/mol. The van der Waals surface area contributed by atoms with Crippen LogP contribution in [-0.2, 0) is 18.8 Å². The summed E-state index contributed by atoms with van der Waals surface area (Å²) in [5.41, 5.74) is 26.7. The van der Waals surface area contributed by atoms with Crippen LogP contribution in [-0.4, -0.2) is 112 Å². The number of morpholine rings is 2. The van der Waals surface area contributed by atoms with Gasteiger partial charge in [-0.1, -0.05) is 24.3 Å². The van der Waals surface area contributed by atoms with Crippen molar-refractivity contribution in [3.8, 4) is 56.0 Å². The Hall–Kier alpha value is -10.00. The summed E-state index contributed by atoms with van der Waals surface area (Å²) < 4.78 is 63.0. The summed E-state index contributed by atoms with van der Waals surface area (Å²) >= 11 is 3.37. The molecule has 6 N–H and O–H groups in total. The number of rotatable bonds is 7. The van der Waals surface area contributed by atoms with E-state index in [0.29, 0.717) is 49.5 Å². The SMILES string of the molecule is C1COCCN1.Cc1ccnc2ccc(-c3ccc(N)nc3-c3ccc(F)cc3)cc12.Cc1ccnc2ccc(-c3ccc(NC(=O)N4CCOCC4)nc3-c3ccc(F)cc3)cc12.Cc1ccnc2ccc(B3OC(C)(C)C(C)(C)O3)cc12.Nc1ccc(Br)c(-c2ccc(F)cc2)n1. The quantitative estimate of drug-likeness (QED) is 0.109. The normalized spacial score (nSPS) is 14.5. The minimum absolute atomic E-state index is 0.212. The van der Waals surface area contributed by atoms with Crippen LogP contribution < -0.4 is 27.6 Å². The van der Waals surface area contributed by atoms with Crippen LogP contribution in [0.3, 0.4) is 0 Å². The summed E-state index contributed by atoms with van der Waals surface area (Å²) in [6.45, 7) is 20.5. The minimum Gasteiger partial charge on any atom is -0.399 e. The maximum atomic E-state index is 13.6. The zero-order chi connectivity index (χ0) is 69.8. The molecule has 3 aliphatic heterocycles. The van der Waals surface area contributed by atoms with E-state index in [1.807, 2.05) is 85.2 Å². The Morgan fingerprint density at radius 2 is 0.899 bits per heavy atom. The van der Waals surface area contributed by atoms with Crippen LogP contribution >= 0.6 is 15.9 Å². The number of aryl methyl sites for hydroxylation is 3. The van der Waals surface area contributed by atoms with Crippen LogP contribution in [0.5, 0.6) is 0 Å². The molecule has 3 fully saturated rings. The van der Waals surface area contributed by atoms with Gasteiger partial charge in [-0.15, -0.1) is 0 Å². The highest BCUT2D eigenvalue weighted by Gasteiger charge is 2.51. The molecule has 0 spiro atoms. The summed E-state index contributed by atoms with van der Waals surface area (Å²) in [5, 5.41) is 9.36. The van der Waals surface area contributed by atoms with Gasteiger partial charge in [-0.3, -0.25) is 20.3 Å². The van der Waals surface area contributed by atoms with Crippen LogP contribution in [0, 0.1) is 38.2 Å². The molecule has 16 nitrogen and oxygen atoms in total. The van der Waals surface area contributed by atoms with Gasteiger partial charge in [0.25, 0.3) is 0 Å². The van der Waals surface area contributed by atoms with Crippen molar-refractivity contribution >= 4 is 84.7 Å². The van der Waals surface area contributed by atoms with E-state index in [0.717, 1.165) is 125 Å². The smallest absolute Gasteiger partial charge is 0.399 e. The van der Waals surface area contributed by atoms with Gasteiger partial charge in [-0.2, -0.15) is 0 Å². The van der Waals surface area contributed by atoms with Gasteiger partial charge in [0.2, 0.25) is 0 Å². The molecule has 9 heterocycles. The van der Waals surface area contributed by atoms with Gasteiger partial charge in [-0.05, 0) is 255 Å². The maximum absolute atomic E-state index is 13.6. The standard InChI is InChI=1S/C26H23FN4O2.C21H16FN3.C16H20BNO2.C11H8BrFN2.C4H9NO/c1-17-10-11-28-23-8-4-19(16-22(17)23)21-7-9-24(30-26(32)31-12-14-33-15-13-31)29-25(21)18-2-5-20(27)6-3-18;1-13-10-11-24-19-8-4-15(12-18(13)19)17-7-9-20(23)25-21(17)14-2-5-16(22)6-3-14;1-11-8-9-18-14-7-6-12(10-13(11)14)17-19-15(2,3)16(4,5)20-17;12-9-5-6-10(14)15-11(9)7-1-3-8(13)4-2-7;1-3-6-4-2-5-1/h2-11,16H,12-15H2,1H3,(H,29,30,32);2-12H,1H3,(H2,23,25);6-10H,1-5H3;1-6H,(H2,14,15);5H,1-4H2. The molecule has 12 aromatic rings. The largest absolute Gasteiger partial charge is 0.494 e. The molecule has 0 radical (unpaired) electrons. The molecule has 0 aliphatic carbocycles. The van der Waals surface area contributed by atoms with E-state index in [1.165, 1.54) is 47.5 Å². The van der Waals surface area contributed by atoms with E-state index < -0.39 is 0 Å². The van der Waals surface area contributed by atoms with Crippen LogP contribution in [0.1, 0.15) is 44.4 Å². The molecule has 0 unspecified atom stereocenters. The fraction of sp³-hybridized carbons (Fsp3) is 0.218. The number of amides is 2. The highest BCUT2D eigenvalue weighted by Crippen LogP contribution is 2.39. The Morgan fingerprint density at radius 1 is 0.495 bits per heavy atom. The van der Waals surface area contributed by atoms with Gasteiger partial charge in [0.15, 0.2) is 0 Å². The molecule has 6 aromatic carbocycles. The molecular formula is C78H76BBrF3N11O5. The topological polar surface area (TPSA) is 211 Å². The van der Waals surface area contributed by atoms with E-state index in [-0.39, 0.29) is 41.8 Å². The molecule has 504 valence electrons. The van der Waals surface area contributed by atoms with Gasteiger partial charge < -0.3 is 40.5 Å². The van der Waals surface area contributed by atoms with E-state index in [4.69, 9.17) is 35.2 Å². The zero-order valence-corrected chi connectivity index (χ0v) is 57.7. The van der Waals surface area contributed by atoms with E-state index in [1.54, 1.807) is 65.7 Å². The first kappa shape index (κ1) is 70.3. The number of anilines is 3. The van der Waals surface area contributed by atoms with Gasteiger partial charge >= 0.3 is 13.1 Å². The number of hydrogen-bond acceptors (Lipinski definition) is 14. The van der Waals surface area contributed by atoms with Crippen molar-refractivity contribution in [2.24, 2.45) is 0 Å². The summed E-state index contributed by atoms with van der Waals surface area (Å²) in [7, 11) is -0.316. The molecule has 2 amide bonds. The number of hydrogen-bond donors (Lipinski definition) is 4. The molecular weight excluding hydrogens is 1320 g/mol. The van der Waals surface area contributed by atoms with Gasteiger partial charge in [-0.25, -0.2) is 32.9 Å². The molecule has 21 heteroatoms. The van der Waals surface area contributed by atoms with Crippen molar-refractivity contribution in [1.82, 2.24) is 40.1 Å². The Labute approximate surface area is 582 Å². The van der Waals surface area contributed by atoms with Crippen LogP contribution in [0.2, 0.25) is 0 Å². The molecule has 0 saturated carbocycles. The average Bonchev–Trinajstić information content (AvgIpc) is 1.75. The highest BCUT2D eigenvalue weighted by atomic mass is 79.9. The lowest BCUT2D eigenvalue weighted by Crippen LogP contribution is -2.43. The van der Waals surface area contributed by atoms with Crippen molar-refractivity contribution in [2.45, 2.75) is 59.7 Å². The van der Waals surface area contributed by atoms with Crippen LogP contribution in [0.4, 0.5) is 35.4 Å². The van der Waals surface area contributed by atoms with Crippen molar-refractivity contribution in [3.05, 3.63) is 239 Å². The second-order valence-corrected chi connectivity index (χ2v) is 25.8. The van der Waals surface area contributed by atoms with Crippen molar-refractivity contribution < 1.29 is 36.7 Å². The lowest BCUT2D eigenvalue weighted by Gasteiger charge is -2.32. The third kappa shape index (κ3) is 17.5. The van der Waals surface area contributed by atoms with Crippen molar-refractivity contribution in [3.63, 3.8) is 0 Å². The average molecular weight is 1400 g/mol. The van der Waals surface area contributed by atoms with Gasteiger partial charge in [0.05, 0.1) is 71.3 Å². The number of nitrogens with one attached hydrogen (secondary N) is 2. The molecule has 3 aliphatic rings. The highest BCUT2D eigenvalue weighted by molar-refractivity contribution is 9.10. The Morgan fingerprint density at radius 3 is 1.36 bits per heavy atom. The second kappa shape index (κ2) is 31.7. The third-order valence-corrected chi connectivity index (χ3v) is 18.1. The lowest BCUT2D eigenvalue weighted by molar-refractivity contribution is 0.00578. The Balaban J connectivity index is 0.000000134. The summed E-state index contributed by atoms with van der Waals surface area (Å²) in [4.78, 5) is 41.0. The summed E-state index contributed by atoms with van der Waals surface area (Å²) in [6.07, 6.45) is 5.45. The number of fused-ring (bicyclic) bond motifs is 3. The number of urea groups is 1. The van der Waals surface area contributed by atoms with Crippen molar-refractivity contribution in [2.75, 3.05) is 69.4 Å². The monoisotopic (exact) mass is 1390 g/mol. The third-order valence-electron chi connectivity index (χ3n) is 17.5. The predicted octanol–water partition coefficient (Wildman–Crippen LogP) is 15.9. The number of ether oxygens (including phenoxy) is 2. The first-order chi connectivity index (χ1) is 47.7. The first-order valence-corrected chi connectivity index (χ1v) is 33.3. The summed E-state index contributed by atoms with van der Waals surface area (Å²) in [5.74, 6) is 0.456. The fourth-order valence-corrected chi connectivity index (χ4v) is 11.6. The first-order valence-electron chi connectivity index (χ1n) is 32.5. The Bertz CT molecular complexity index is 4790. The number of nitrogens with zero attached hydrogens (tertiary/aromatic N) is 7. The molecule has 15 rings (SSSR count). The van der Waals surface area contributed by atoms with Crippen LogP contribution in [0.15, 0.2) is 205 Å². The number of benzene rings is 6. The Kier molecular flexibility index (Phi) is 22.5. The molecule has 0 atom stereocenters. The number of carbonyl (C=O) groups excluding carboxylic acids is 1. The fourth-order valence-electron chi connectivity index (χ4n) is 11.2. The second-order valence-electron chi connectivity index (χ2n) is 24.9. The lowest BCUT2D eigenvalue weighted by atomic mass is 9.78. The maximum Gasteiger partial charge on any atom is 0.494 e. The van der Waals surface area contributed by atoms with Gasteiger partial charge in [0, 0.05) is 93.2 Å². The number of pyridine rings is 6. The van der Waals surface area contributed by atoms with E-state index in [2.05, 4.69) is 118 Å². The number of carbonyl (C=O) groups is 1. The van der Waals surface area contributed by atoms with E-state index in [9.17, 15) is 18.0 Å². The molecule has 3 saturated heterocycles. The number of nitrogens with two attached hydrogens (primary N) is 2. The molecule has 99 heavy (non-hydrogen) atoms. The number of aromatic nitrogens is 6. The number of nitrogen functional groups attached to an aromatic ring is 2. The van der Waals surface area contributed by atoms with E-state index >= 15 is 0 Å². The van der Waals surface area contributed by atoms with Gasteiger partial charge in [0.1, 0.15) is 34.9 Å². The molecule has 6 aromatic heterocycles. The number of halogens is 4. The summed E-state index contributed by atoms with van der Waals surface area (Å²) in [6, 6.07) is 53.8. The van der Waals surface area contributed by atoms with Crippen molar-refractivity contribution in [1.29, 1.82) is 0 Å². The molecule has 0 bridgehead atoms. The zero-order valence-electron chi connectivity index (χ0n) is 56.1.